The lowest BCUT2D eigenvalue weighted by Crippen LogP contribution is -2.51. The fourth-order valence-electron chi connectivity index (χ4n) is 3.33. The minimum atomic E-state index is -0.465. The van der Waals surface area contributed by atoms with Crippen molar-refractivity contribution in [1.82, 2.24) is 0 Å². The summed E-state index contributed by atoms with van der Waals surface area (Å²) in [4.78, 5) is 0. The van der Waals surface area contributed by atoms with Crippen molar-refractivity contribution < 1.29 is 14.2 Å². The molecule has 0 radical (unpaired) electrons. The second-order valence-corrected chi connectivity index (χ2v) is 8.96. The zero-order valence-electron chi connectivity index (χ0n) is 14.9. The van der Waals surface area contributed by atoms with Crippen LogP contribution >= 0.6 is 0 Å². The number of fused-ring (bicyclic) bond motifs is 2. The first-order chi connectivity index (χ1) is 9.35. The van der Waals surface area contributed by atoms with E-state index in [0.29, 0.717) is 12.5 Å². The molecule has 2 bridgehead atoms. The minimum absolute atomic E-state index is 0.0415. The van der Waals surface area contributed by atoms with Gasteiger partial charge in [0.05, 0.1) is 29.5 Å². The molecule has 0 spiro atoms. The molecule has 3 atom stereocenters. The monoisotopic (exact) mass is 296 g/mol. The van der Waals surface area contributed by atoms with E-state index in [1.54, 1.807) is 0 Å². The highest BCUT2D eigenvalue weighted by molar-refractivity contribution is 5.22. The molecule has 0 aromatic rings. The highest BCUT2D eigenvalue weighted by Crippen LogP contribution is 2.51. The lowest BCUT2D eigenvalue weighted by atomic mass is 9.77. The summed E-state index contributed by atoms with van der Waals surface area (Å²) in [5, 5.41) is 0. The lowest BCUT2D eigenvalue weighted by molar-refractivity contribution is -0.173. The van der Waals surface area contributed by atoms with Gasteiger partial charge in [-0.3, -0.25) is 0 Å². The van der Waals surface area contributed by atoms with Crippen molar-refractivity contribution in [2.45, 2.75) is 90.3 Å². The maximum Gasteiger partial charge on any atom is 0.137 e. The minimum Gasteiger partial charge on any atom is -0.372 e. The van der Waals surface area contributed by atoms with Gasteiger partial charge in [0.1, 0.15) is 5.60 Å². The zero-order chi connectivity index (χ0) is 16.1. The Morgan fingerprint density at radius 1 is 1.10 bits per heavy atom. The van der Waals surface area contributed by atoms with Crippen LogP contribution in [-0.2, 0) is 14.2 Å². The van der Waals surface area contributed by atoms with Gasteiger partial charge in [0, 0.05) is 5.92 Å². The Balaban J connectivity index is 2.29. The molecule has 0 N–H and O–H groups in total. The predicted molar refractivity (Wildman–Crippen MR) is 85.5 cm³/mol. The van der Waals surface area contributed by atoms with E-state index in [-0.39, 0.29) is 22.9 Å². The summed E-state index contributed by atoms with van der Waals surface area (Å²) in [5.41, 5.74) is -1.03. The van der Waals surface area contributed by atoms with Crippen LogP contribution in [0, 0.1) is 5.92 Å². The third-order valence-corrected chi connectivity index (χ3v) is 4.19. The molecule has 1 saturated heterocycles. The number of hydrogen-bond donors (Lipinski definition) is 0. The molecule has 2 aliphatic rings. The van der Waals surface area contributed by atoms with E-state index in [1.165, 1.54) is 0 Å². The highest BCUT2D eigenvalue weighted by Gasteiger charge is 2.60. The topological polar surface area (TPSA) is 27.7 Å². The largest absolute Gasteiger partial charge is 0.372 e. The first kappa shape index (κ1) is 17.0. The summed E-state index contributed by atoms with van der Waals surface area (Å²) >= 11 is 0. The molecule has 0 aromatic carbocycles. The van der Waals surface area contributed by atoms with Crippen LogP contribution in [0.15, 0.2) is 12.2 Å². The van der Waals surface area contributed by atoms with Crippen molar-refractivity contribution in [3.63, 3.8) is 0 Å². The Kier molecular flexibility index (Phi) is 4.10. The van der Waals surface area contributed by atoms with Crippen molar-refractivity contribution in [3.8, 4) is 0 Å². The third-order valence-electron chi connectivity index (χ3n) is 4.19. The van der Waals surface area contributed by atoms with E-state index in [0.717, 1.165) is 6.42 Å². The summed E-state index contributed by atoms with van der Waals surface area (Å²) < 4.78 is 19.0. The van der Waals surface area contributed by atoms with Crippen LogP contribution in [0.25, 0.3) is 0 Å². The molecule has 1 unspecified atom stereocenters. The van der Waals surface area contributed by atoms with Crippen LogP contribution in [0.3, 0.4) is 0 Å². The molecular formula is C18H32O3. The van der Waals surface area contributed by atoms with Gasteiger partial charge in [0.25, 0.3) is 0 Å². The van der Waals surface area contributed by atoms with Crippen molar-refractivity contribution in [2.24, 2.45) is 5.92 Å². The summed E-state index contributed by atoms with van der Waals surface area (Å²) in [6.45, 7) is 17.4. The van der Waals surface area contributed by atoms with Crippen molar-refractivity contribution in [1.29, 1.82) is 0 Å². The molecule has 1 heterocycles. The Labute approximate surface area is 130 Å². The Morgan fingerprint density at radius 2 is 1.71 bits per heavy atom. The number of ether oxygens (including phenoxy) is 3. The standard InChI is InChI=1S/C18H32O3/c1-15(2,3)19-12-18-11-9-10-13(17(7,8)21-18)14(18)20-16(4,5)6/h9,11,13-14H,10,12H2,1-8H3/t13?,14-,18-/m1/s1. The lowest BCUT2D eigenvalue weighted by Gasteiger charge is -2.40. The maximum absolute atomic E-state index is 6.48. The number of rotatable bonds is 3. The van der Waals surface area contributed by atoms with Gasteiger partial charge in [-0.2, -0.15) is 0 Å². The van der Waals surface area contributed by atoms with Gasteiger partial charge in [0.15, 0.2) is 0 Å². The van der Waals surface area contributed by atoms with Crippen LogP contribution < -0.4 is 0 Å². The normalized spacial score (nSPS) is 35.2. The maximum atomic E-state index is 6.48. The van der Waals surface area contributed by atoms with Crippen molar-refractivity contribution >= 4 is 0 Å². The molecule has 3 heteroatoms. The average molecular weight is 296 g/mol. The van der Waals surface area contributed by atoms with E-state index in [2.05, 4.69) is 67.5 Å². The SMILES string of the molecule is CC(C)(C)OC[C@]12C=CCC([C@H]1OC(C)(C)C)C(C)(C)O2. The van der Waals surface area contributed by atoms with Gasteiger partial charge in [-0.1, -0.05) is 12.2 Å². The first-order valence-corrected chi connectivity index (χ1v) is 8.04. The molecule has 1 aliphatic carbocycles. The van der Waals surface area contributed by atoms with Crippen LogP contribution in [0.4, 0.5) is 0 Å². The van der Waals surface area contributed by atoms with Gasteiger partial charge < -0.3 is 14.2 Å². The summed E-state index contributed by atoms with van der Waals surface area (Å²) in [7, 11) is 0. The van der Waals surface area contributed by atoms with E-state index in [4.69, 9.17) is 14.2 Å². The van der Waals surface area contributed by atoms with Crippen LogP contribution in [0.2, 0.25) is 0 Å². The predicted octanol–water partition coefficient (Wildman–Crippen LogP) is 4.11. The van der Waals surface area contributed by atoms with Gasteiger partial charge in [-0.25, -0.2) is 0 Å². The zero-order valence-corrected chi connectivity index (χ0v) is 14.9. The van der Waals surface area contributed by atoms with E-state index < -0.39 is 5.60 Å². The molecule has 21 heavy (non-hydrogen) atoms. The van der Waals surface area contributed by atoms with Gasteiger partial charge in [-0.15, -0.1) is 0 Å². The summed E-state index contributed by atoms with van der Waals surface area (Å²) in [6.07, 6.45) is 5.44. The van der Waals surface area contributed by atoms with Crippen molar-refractivity contribution in [3.05, 3.63) is 12.2 Å². The molecule has 3 nitrogen and oxygen atoms in total. The Bertz CT molecular complexity index is 411. The average Bonchev–Trinajstić information content (AvgIpc) is 2.38. The van der Waals surface area contributed by atoms with Gasteiger partial charge in [-0.05, 0) is 61.8 Å². The number of hydrogen-bond acceptors (Lipinski definition) is 3. The highest BCUT2D eigenvalue weighted by atomic mass is 16.6. The van der Waals surface area contributed by atoms with E-state index >= 15 is 0 Å². The quantitative estimate of drug-likeness (QED) is 0.734. The van der Waals surface area contributed by atoms with Gasteiger partial charge >= 0.3 is 0 Å². The molecule has 0 aromatic heterocycles. The second kappa shape index (κ2) is 5.07. The third kappa shape index (κ3) is 3.69. The smallest absolute Gasteiger partial charge is 0.137 e. The van der Waals surface area contributed by atoms with Crippen LogP contribution in [0.5, 0.6) is 0 Å². The number of allylic oxidation sites excluding steroid dienone is 1. The molecule has 1 fully saturated rings. The molecular weight excluding hydrogens is 264 g/mol. The summed E-state index contributed by atoms with van der Waals surface area (Å²) in [5.74, 6) is 0.366. The van der Waals surface area contributed by atoms with E-state index in [1.807, 2.05) is 0 Å². The fourth-order valence-corrected chi connectivity index (χ4v) is 3.33. The molecule has 0 amide bonds. The summed E-state index contributed by atoms with van der Waals surface area (Å²) in [6, 6.07) is 0. The first-order valence-electron chi connectivity index (χ1n) is 8.04. The fraction of sp³-hybridized carbons (Fsp3) is 0.889. The molecule has 0 saturated carbocycles. The van der Waals surface area contributed by atoms with Gasteiger partial charge in [0.2, 0.25) is 0 Å². The van der Waals surface area contributed by atoms with Crippen molar-refractivity contribution in [2.75, 3.05) is 6.61 Å². The van der Waals surface area contributed by atoms with E-state index in [9.17, 15) is 0 Å². The second-order valence-electron chi connectivity index (χ2n) is 8.96. The Hall–Kier alpha value is -0.380. The van der Waals surface area contributed by atoms with Crippen LogP contribution in [-0.4, -0.2) is 35.1 Å². The van der Waals surface area contributed by atoms with Crippen LogP contribution in [0.1, 0.15) is 61.8 Å². The Morgan fingerprint density at radius 3 is 2.24 bits per heavy atom. The molecule has 2 rings (SSSR count). The molecule has 1 aliphatic heterocycles. The molecule has 122 valence electrons.